The summed E-state index contributed by atoms with van der Waals surface area (Å²) in [7, 11) is 2.01. The maximum Gasteiger partial charge on any atom is 0.206 e. The van der Waals surface area contributed by atoms with Crippen molar-refractivity contribution in [2.45, 2.75) is 0 Å². The highest BCUT2D eigenvalue weighted by molar-refractivity contribution is 5.78. The van der Waals surface area contributed by atoms with Crippen molar-refractivity contribution in [2.24, 2.45) is 13.0 Å². The minimum Gasteiger partial charge on any atom is -0.341 e. The number of rotatable bonds is 2. The number of benzene rings is 1. The molecule has 0 unspecified atom stereocenters. The standard InChI is InChI=1S/C12H14FN3/c1-15-11-5-3-2-4-10(11)14-12(15)16-7-9(6-13)8-16/h2-5,9H,6-8H2,1H3. The molecule has 3 rings (SSSR count). The highest BCUT2D eigenvalue weighted by Crippen LogP contribution is 2.26. The van der Waals surface area contributed by atoms with Crippen LogP contribution in [0.3, 0.4) is 0 Å². The van der Waals surface area contributed by atoms with Crippen LogP contribution in [-0.4, -0.2) is 29.3 Å². The largest absolute Gasteiger partial charge is 0.341 e. The summed E-state index contributed by atoms with van der Waals surface area (Å²) in [6.45, 7) is 1.35. The van der Waals surface area contributed by atoms with Gasteiger partial charge in [0, 0.05) is 26.1 Å². The zero-order valence-corrected chi connectivity index (χ0v) is 9.23. The second-order valence-corrected chi connectivity index (χ2v) is 4.38. The van der Waals surface area contributed by atoms with Gasteiger partial charge in [0.1, 0.15) is 0 Å². The number of aromatic nitrogens is 2. The summed E-state index contributed by atoms with van der Waals surface area (Å²) < 4.78 is 14.5. The first-order valence-corrected chi connectivity index (χ1v) is 5.52. The average molecular weight is 219 g/mol. The summed E-state index contributed by atoms with van der Waals surface area (Å²) in [6.07, 6.45) is 0. The molecule has 84 valence electrons. The molecule has 2 heterocycles. The van der Waals surface area contributed by atoms with Gasteiger partial charge >= 0.3 is 0 Å². The van der Waals surface area contributed by atoms with Crippen molar-refractivity contribution in [2.75, 3.05) is 24.7 Å². The lowest BCUT2D eigenvalue weighted by Crippen LogP contribution is -2.48. The third-order valence-corrected chi connectivity index (χ3v) is 3.22. The second-order valence-electron chi connectivity index (χ2n) is 4.38. The van der Waals surface area contributed by atoms with Crippen molar-refractivity contribution in [1.29, 1.82) is 0 Å². The SMILES string of the molecule is Cn1c(N2CC(CF)C2)nc2ccccc21. The second kappa shape index (κ2) is 3.47. The van der Waals surface area contributed by atoms with Crippen LogP contribution >= 0.6 is 0 Å². The Morgan fingerprint density at radius 3 is 2.81 bits per heavy atom. The maximum absolute atomic E-state index is 12.4. The van der Waals surface area contributed by atoms with Crippen LogP contribution < -0.4 is 4.90 Å². The molecule has 0 saturated carbocycles. The van der Waals surface area contributed by atoms with E-state index >= 15 is 0 Å². The predicted molar refractivity (Wildman–Crippen MR) is 62.4 cm³/mol. The first-order valence-electron chi connectivity index (χ1n) is 5.52. The molecular formula is C12H14FN3. The molecule has 0 bridgehead atoms. The van der Waals surface area contributed by atoms with Crippen LogP contribution in [0.1, 0.15) is 0 Å². The number of nitrogens with zero attached hydrogens (tertiary/aromatic N) is 3. The monoisotopic (exact) mass is 219 g/mol. The molecular weight excluding hydrogens is 205 g/mol. The smallest absolute Gasteiger partial charge is 0.206 e. The van der Waals surface area contributed by atoms with Crippen LogP contribution in [0.4, 0.5) is 10.3 Å². The van der Waals surface area contributed by atoms with Gasteiger partial charge in [-0.1, -0.05) is 12.1 Å². The fourth-order valence-corrected chi connectivity index (χ4v) is 2.25. The Balaban J connectivity index is 1.96. The van der Waals surface area contributed by atoms with Gasteiger partial charge in [-0.25, -0.2) is 4.98 Å². The summed E-state index contributed by atoms with van der Waals surface area (Å²) in [5.41, 5.74) is 2.13. The summed E-state index contributed by atoms with van der Waals surface area (Å²) in [5.74, 6) is 1.14. The molecule has 1 aromatic heterocycles. The van der Waals surface area contributed by atoms with Crippen LogP contribution in [0.15, 0.2) is 24.3 Å². The Labute approximate surface area is 93.5 Å². The van der Waals surface area contributed by atoms with Crippen molar-refractivity contribution >= 4 is 17.0 Å². The van der Waals surface area contributed by atoms with E-state index in [-0.39, 0.29) is 12.6 Å². The highest BCUT2D eigenvalue weighted by Gasteiger charge is 2.29. The Kier molecular flexibility index (Phi) is 2.09. The van der Waals surface area contributed by atoms with Crippen molar-refractivity contribution in [3.05, 3.63) is 24.3 Å². The first-order chi connectivity index (χ1) is 7.79. The zero-order valence-electron chi connectivity index (χ0n) is 9.23. The molecule has 3 nitrogen and oxygen atoms in total. The van der Waals surface area contributed by atoms with E-state index in [1.807, 2.05) is 25.2 Å². The van der Waals surface area contributed by atoms with Crippen molar-refractivity contribution in [3.8, 4) is 0 Å². The molecule has 16 heavy (non-hydrogen) atoms. The van der Waals surface area contributed by atoms with E-state index in [9.17, 15) is 4.39 Å². The fourth-order valence-electron chi connectivity index (χ4n) is 2.25. The Morgan fingerprint density at radius 2 is 2.12 bits per heavy atom. The zero-order chi connectivity index (χ0) is 11.1. The van der Waals surface area contributed by atoms with Gasteiger partial charge in [0.25, 0.3) is 0 Å². The van der Waals surface area contributed by atoms with Gasteiger partial charge in [0.2, 0.25) is 5.95 Å². The first kappa shape index (κ1) is 9.63. The topological polar surface area (TPSA) is 21.1 Å². The molecule has 0 N–H and O–H groups in total. The van der Waals surface area contributed by atoms with Crippen LogP contribution in [-0.2, 0) is 7.05 Å². The van der Waals surface area contributed by atoms with Gasteiger partial charge in [0.15, 0.2) is 0 Å². The maximum atomic E-state index is 12.4. The van der Waals surface area contributed by atoms with Gasteiger partial charge in [-0.3, -0.25) is 4.39 Å². The summed E-state index contributed by atoms with van der Waals surface area (Å²) >= 11 is 0. The normalized spacial score (nSPS) is 16.8. The van der Waals surface area contributed by atoms with E-state index in [0.29, 0.717) is 0 Å². The molecule has 0 amide bonds. The van der Waals surface area contributed by atoms with Gasteiger partial charge < -0.3 is 9.47 Å². The van der Waals surface area contributed by atoms with E-state index in [1.165, 1.54) is 0 Å². The van der Waals surface area contributed by atoms with E-state index in [2.05, 4.69) is 20.5 Å². The molecule has 1 aliphatic heterocycles. The summed E-state index contributed by atoms with van der Waals surface area (Å²) in [4.78, 5) is 6.70. The summed E-state index contributed by atoms with van der Waals surface area (Å²) in [6, 6.07) is 8.05. The quantitative estimate of drug-likeness (QED) is 0.770. The lowest BCUT2D eigenvalue weighted by atomic mass is 10.0. The third kappa shape index (κ3) is 1.29. The van der Waals surface area contributed by atoms with E-state index in [4.69, 9.17) is 0 Å². The van der Waals surface area contributed by atoms with Gasteiger partial charge in [-0.2, -0.15) is 0 Å². The molecule has 4 heteroatoms. The number of para-hydroxylation sites is 2. The highest BCUT2D eigenvalue weighted by atomic mass is 19.1. The van der Waals surface area contributed by atoms with Crippen molar-refractivity contribution in [1.82, 2.24) is 9.55 Å². The average Bonchev–Trinajstić information content (AvgIpc) is 2.56. The number of hydrogen-bond acceptors (Lipinski definition) is 2. The molecule has 1 aromatic carbocycles. The van der Waals surface area contributed by atoms with E-state index in [0.717, 1.165) is 30.1 Å². The van der Waals surface area contributed by atoms with Crippen molar-refractivity contribution < 1.29 is 4.39 Å². The number of anilines is 1. The lowest BCUT2D eigenvalue weighted by molar-refractivity contribution is 0.302. The van der Waals surface area contributed by atoms with Crippen LogP contribution in [0, 0.1) is 5.92 Å². The number of aryl methyl sites for hydroxylation is 1. The minimum absolute atomic E-state index is 0.194. The molecule has 2 aromatic rings. The Morgan fingerprint density at radius 1 is 1.38 bits per heavy atom. The van der Waals surface area contributed by atoms with Crippen LogP contribution in [0.25, 0.3) is 11.0 Å². The molecule has 1 aliphatic rings. The molecule has 0 atom stereocenters. The molecule has 1 fully saturated rings. The van der Waals surface area contributed by atoms with Crippen LogP contribution in [0.5, 0.6) is 0 Å². The minimum atomic E-state index is -0.222. The number of imidazole rings is 1. The number of fused-ring (bicyclic) bond motifs is 1. The third-order valence-electron chi connectivity index (χ3n) is 3.22. The van der Waals surface area contributed by atoms with E-state index in [1.54, 1.807) is 0 Å². The summed E-state index contributed by atoms with van der Waals surface area (Å²) in [5, 5.41) is 0. The number of alkyl halides is 1. The molecule has 0 spiro atoms. The van der Waals surface area contributed by atoms with Gasteiger partial charge in [0.05, 0.1) is 17.7 Å². The van der Waals surface area contributed by atoms with E-state index < -0.39 is 0 Å². The lowest BCUT2D eigenvalue weighted by Gasteiger charge is -2.38. The Bertz CT molecular complexity index is 514. The Hall–Kier alpha value is -1.58. The molecule has 0 aliphatic carbocycles. The van der Waals surface area contributed by atoms with Gasteiger partial charge in [-0.15, -0.1) is 0 Å². The number of halogens is 1. The predicted octanol–water partition coefficient (Wildman–Crippen LogP) is 1.98. The van der Waals surface area contributed by atoms with Crippen molar-refractivity contribution in [3.63, 3.8) is 0 Å². The molecule has 0 radical (unpaired) electrons. The number of hydrogen-bond donors (Lipinski definition) is 0. The molecule has 1 saturated heterocycles. The fraction of sp³-hybridized carbons (Fsp3) is 0.417. The van der Waals surface area contributed by atoms with Gasteiger partial charge in [-0.05, 0) is 12.1 Å². The van der Waals surface area contributed by atoms with Crippen LogP contribution in [0.2, 0.25) is 0 Å².